The Hall–Kier alpha value is -1.61. The van der Waals surface area contributed by atoms with E-state index in [2.05, 4.69) is 40.2 Å². The Balaban J connectivity index is 1.99. The summed E-state index contributed by atoms with van der Waals surface area (Å²) in [6.45, 7) is 4.05. The Morgan fingerprint density at radius 3 is 2.94 bits per heavy atom. The minimum absolute atomic E-state index is 0.321. The largest absolute Gasteiger partial charge is 0.370 e. The Bertz CT molecular complexity index is 550. The minimum Gasteiger partial charge on any atom is -0.370 e. The molecule has 2 aromatic rings. The van der Waals surface area contributed by atoms with Gasteiger partial charge in [-0.05, 0) is 37.6 Å². The average Bonchev–Trinajstić information content (AvgIpc) is 2.75. The number of anilines is 1. The van der Waals surface area contributed by atoms with Crippen molar-refractivity contribution in [2.75, 3.05) is 18.0 Å². The van der Waals surface area contributed by atoms with Crippen molar-refractivity contribution in [3.63, 3.8) is 0 Å². The van der Waals surface area contributed by atoms with Gasteiger partial charge >= 0.3 is 0 Å². The molecule has 0 amide bonds. The second kappa shape index (κ2) is 4.00. The van der Waals surface area contributed by atoms with Crippen LogP contribution in [-0.2, 0) is 0 Å². The molecular weight excluding hydrogens is 210 g/mol. The fourth-order valence-electron chi connectivity index (χ4n) is 2.43. The number of benzene rings is 1. The van der Waals surface area contributed by atoms with Crippen molar-refractivity contribution in [3.05, 3.63) is 36.0 Å². The molecule has 17 heavy (non-hydrogen) atoms. The van der Waals surface area contributed by atoms with Gasteiger partial charge in [0.05, 0.1) is 5.52 Å². The van der Waals surface area contributed by atoms with Gasteiger partial charge in [-0.1, -0.05) is 6.07 Å². The zero-order valence-electron chi connectivity index (χ0n) is 10.1. The lowest BCUT2D eigenvalue weighted by Gasteiger charge is -2.18. The topological polar surface area (TPSA) is 42.1 Å². The van der Waals surface area contributed by atoms with E-state index in [0.717, 1.165) is 30.7 Å². The van der Waals surface area contributed by atoms with Crippen LogP contribution < -0.4 is 10.6 Å². The van der Waals surface area contributed by atoms with Crippen LogP contribution in [0, 0.1) is 6.92 Å². The van der Waals surface area contributed by atoms with Crippen molar-refractivity contribution >= 4 is 16.6 Å². The van der Waals surface area contributed by atoms with Crippen LogP contribution in [0.3, 0.4) is 0 Å². The van der Waals surface area contributed by atoms with E-state index in [1.165, 1.54) is 11.1 Å². The molecule has 1 fully saturated rings. The van der Waals surface area contributed by atoms with Crippen molar-refractivity contribution in [1.29, 1.82) is 0 Å². The van der Waals surface area contributed by atoms with Gasteiger partial charge in [-0.3, -0.25) is 4.98 Å². The van der Waals surface area contributed by atoms with Crippen molar-refractivity contribution < 1.29 is 0 Å². The summed E-state index contributed by atoms with van der Waals surface area (Å²) >= 11 is 0. The molecule has 0 aliphatic carbocycles. The molecule has 3 rings (SSSR count). The maximum absolute atomic E-state index is 5.94. The molecule has 88 valence electrons. The third-order valence-corrected chi connectivity index (χ3v) is 3.40. The van der Waals surface area contributed by atoms with Gasteiger partial charge in [-0.15, -0.1) is 0 Å². The van der Waals surface area contributed by atoms with Crippen LogP contribution in [-0.4, -0.2) is 24.1 Å². The number of aryl methyl sites for hydroxylation is 1. The average molecular weight is 227 g/mol. The smallest absolute Gasteiger partial charge is 0.0706 e. The van der Waals surface area contributed by atoms with Gasteiger partial charge in [0.1, 0.15) is 0 Å². The molecule has 1 aromatic heterocycles. The zero-order valence-corrected chi connectivity index (χ0v) is 10.1. The van der Waals surface area contributed by atoms with E-state index in [4.69, 9.17) is 5.73 Å². The number of hydrogen-bond acceptors (Lipinski definition) is 3. The van der Waals surface area contributed by atoms with E-state index in [1.54, 1.807) is 0 Å². The highest BCUT2D eigenvalue weighted by molar-refractivity contribution is 5.82. The number of rotatable bonds is 1. The maximum Gasteiger partial charge on any atom is 0.0706 e. The summed E-state index contributed by atoms with van der Waals surface area (Å²) in [7, 11) is 0. The Morgan fingerprint density at radius 1 is 1.29 bits per heavy atom. The predicted molar refractivity (Wildman–Crippen MR) is 71.3 cm³/mol. The minimum atomic E-state index is 0.321. The highest BCUT2D eigenvalue weighted by Gasteiger charge is 2.19. The number of aromatic nitrogens is 1. The van der Waals surface area contributed by atoms with E-state index in [9.17, 15) is 0 Å². The molecule has 1 saturated heterocycles. The van der Waals surface area contributed by atoms with E-state index in [-0.39, 0.29) is 0 Å². The third kappa shape index (κ3) is 1.98. The molecule has 3 heteroatoms. The molecule has 2 heterocycles. The van der Waals surface area contributed by atoms with E-state index in [0.29, 0.717) is 6.04 Å². The molecular formula is C14H17N3. The normalized spacial score (nSPS) is 20.1. The molecule has 1 aromatic carbocycles. The molecule has 0 radical (unpaired) electrons. The number of hydrogen-bond donors (Lipinski definition) is 1. The summed E-state index contributed by atoms with van der Waals surface area (Å²) in [6, 6.07) is 11.0. The fraction of sp³-hybridized carbons (Fsp3) is 0.357. The Labute approximate surface area is 101 Å². The Morgan fingerprint density at radius 2 is 2.18 bits per heavy atom. The molecule has 1 aliphatic rings. The lowest BCUT2D eigenvalue weighted by molar-refractivity contribution is 0.752. The second-order valence-corrected chi connectivity index (χ2v) is 4.82. The summed E-state index contributed by atoms with van der Waals surface area (Å²) in [5.74, 6) is 0. The van der Waals surface area contributed by atoms with Crippen LogP contribution in [0.5, 0.6) is 0 Å². The van der Waals surface area contributed by atoms with Crippen LogP contribution in [0.4, 0.5) is 5.69 Å². The van der Waals surface area contributed by atoms with Gasteiger partial charge in [-0.25, -0.2) is 0 Å². The van der Waals surface area contributed by atoms with Gasteiger partial charge in [0.2, 0.25) is 0 Å². The van der Waals surface area contributed by atoms with Crippen LogP contribution in [0.2, 0.25) is 0 Å². The van der Waals surface area contributed by atoms with Crippen molar-refractivity contribution in [2.24, 2.45) is 5.73 Å². The quantitative estimate of drug-likeness (QED) is 0.811. The first-order valence-electron chi connectivity index (χ1n) is 6.10. The fourth-order valence-corrected chi connectivity index (χ4v) is 2.43. The van der Waals surface area contributed by atoms with Crippen LogP contribution in [0.25, 0.3) is 10.9 Å². The number of fused-ring (bicyclic) bond motifs is 1. The maximum atomic E-state index is 5.94. The van der Waals surface area contributed by atoms with E-state index >= 15 is 0 Å². The molecule has 0 unspecified atom stereocenters. The van der Waals surface area contributed by atoms with E-state index < -0.39 is 0 Å². The molecule has 0 saturated carbocycles. The van der Waals surface area contributed by atoms with Crippen molar-refractivity contribution in [3.8, 4) is 0 Å². The van der Waals surface area contributed by atoms with E-state index in [1.807, 2.05) is 6.92 Å². The number of nitrogens with two attached hydrogens (primary N) is 1. The number of pyridine rings is 1. The van der Waals surface area contributed by atoms with Gasteiger partial charge < -0.3 is 10.6 Å². The van der Waals surface area contributed by atoms with Crippen molar-refractivity contribution in [2.45, 2.75) is 19.4 Å². The lowest BCUT2D eigenvalue weighted by atomic mass is 10.1. The monoisotopic (exact) mass is 227 g/mol. The molecule has 1 aliphatic heterocycles. The van der Waals surface area contributed by atoms with Crippen LogP contribution >= 0.6 is 0 Å². The SMILES string of the molecule is Cc1ccc2cc(N3CC[C@H](N)C3)ccc2n1. The first-order valence-corrected chi connectivity index (χ1v) is 6.10. The molecule has 2 N–H and O–H groups in total. The third-order valence-electron chi connectivity index (χ3n) is 3.40. The molecule has 0 spiro atoms. The molecule has 3 nitrogen and oxygen atoms in total. The summed E-state index contributed by atoms with van der Waals surface area (Å²) in [5.41, 5.74) is 9.33. The lowest BCUT2D eigenvalue weighted by Crippen LogP contribution is -2.26. The Kier molecular flexibility index (Phi) is 2.48. The van der Waals surface area contributed by atoms with Gasteiger partial charge in [-0.2, -0.15) is 0 Å². The summed E-state index contributed by atoms with van der Waals surface area (Å²) < 4.78 is 0. The zero-order chi connectivity index (χ0) is 11.8. The van der Waals surface area contributed by atoms with Crippen molar-refractivity contribution in [1.82, 2.24) is 4.98 Å². The predicted octanol–water partition coefficient (Wildman–Crippen LogP) is 2.08. The van der Waals surface area contributed by atoms with Gasteiger partial charge in [0.25, 0.3) is 0 Å². The van der Waals surface area contributed by atoms with Gasteiger partial charge in [0, 0.05) is 35.9 Å². The van der Waals surface area contributed by atoms with Crippen LogP contribution in [0.15, 0.2) is 30.3 Å². The first-order chi connectivity index (χ1) is 8.22. The highest BCUT2D eigenvalue weighted by Crippen LogP contribution is 2.24. The summed E-state index contributed by atoms with van der Waals surface area (Å²) in [4.78, 5) is 6.87. The second-order valence-electron chi connectivity index (χ2n) is 4.82. The summed E-state index contributed by atoms with van der Waals surface area (Å²) in [6.07, 6.45) is 1.09. The summed E-state index contributed by atoms with van der Waals surface area (Å²) in [5, 5.41) is 1.20. The standard InChI is InChI=1S/C14H17N3/c1-10-2-3-11-8-13(4-5-14(11)16-10)17-7-6-12(15)9-17/h2-5,8,12H,6-7,9,15H2,1H3/t12-/m0/s1. The van der Waals surface area contributed by atoms with Gasteiger partial charge in [0.15, 0.2) is 0 Å². The highest BCUT2D eigenvalue weighted by atomic mass is 15.2. The molecule has 1 atom stereocenters. The molecule has 0 bridgehead atoms. The van der Waals surface area contributed by atoms with Crippen LogP contribution in [0.1, 0.15) is 12.1 Å². The first kappa shape index (κ1) is 10.5. The number of nitrogens with zero attached hydrogens (tertiary/aromatic N) is 2.